The quantitative estimate of drug-likeness (QED) is 0.854. The zero-order chi connectivity index (χ0) is 13.9. The van der Waals surface area contributed by atoms with Gasteiger partial charge in [-0.3, -0.25) is 0 Å². The normalized spacial score (nSPS) is 15.5. The number of nitrogens with one attached hydrogen (secondary N) is 1. The van der Waals surface area contributed by atoms with E-state index in [-0.39, 0.29) is 6.04 Å². The minimum absolute atomic E-state index is 0.344. The largest absolute Gasteiger partial charge is 0.598 e. The molecule has 1 rings (SSSR count). The second-order valence-corrected chi connectivity index (χ2v) is 7.12. The van der Waals surface area contributed by atoms with Crippen molar-refractivity contribution in [1.82, 2.24) is 4.72 Å². The molecule has 0 heterocycles. The van der Waals surface area contributed by atoms with E-state index >= 15 is 0 Å². The van der Waals surface area contributed by atoms with E-state index in [1.807, 2.05) is 27.7 Å². The Kier molecular flexibility index (Phi) is 5.13. The highest BCUT2D eigenvalue weighted by molar-refractivity contribution is 7.90. The fourth-order valence-electron chi connectivity index (χ4n) is 1.46. The van der Waals surface area contributed by atoms with Gasteiger partial charge in [0.2, 0.25) is 0 Å². The molecule has 0 bridgehead atoms. The molecule has 0 amide bonds. The standard InChI is InChI=1S/C13H19F2NOS/c1-5-12(16-18(17)13(2,3)4)10-7-6-9(14)8-11(10)15/h6-8,12,16H,5H2,1-4H3. The van der Waals surface area contributed by atoms with Gasteiger partial charge in [0.25, 0.3) is 0 Å². The Balaban J connectivity index is 2.90. The van der Waals surface area contributed by atoms with Gasteiger partial charge in [-0.1, -0.05) is 13.0 Å². The molecular formula is C13H19F2NOS. The first kappa shape index (κ1) is 15.4. The molecule has 1 N–H and O–H groups in total. The molecule has 0 spiro atoms. The van der Waals surface area contributed by atoms with Crippen molar-refractivity contribution < 1.29 is 13.3 Å². The molecular weight excluding hydrogens is 256 g/mol. The molecule has 102 valence electrons. The lowest BCUT2D eigenvalue weighted by atomic mass is 10.1. The summed E-state index contributed by atoms with van der Waals surface area (Å²) in [5.41, 5.74) is 0.344. The Bertz CT molecular complexity index is 406. The van der Waals surface area contributed by atoms with E-state index in [0.29, 0.717) is 12.0 Å². The first-order valence-corrected chi connectivity index (χ1v) is 7.03. The Morgan fingerprint density at radius 2 is 1.94 bits per heavy atom. The summed E-state index contributed by atoms with van der Waals surface area (Å²) in [6.45, 7) is 7.37. The molecule has 0 radical (unpaired) electrons. The molecule has 0 saturated carbocycles. The van der Waals surface area contributed by atoms with Gasteiger partial charge in [0, 0.05) is 23.0 Å². The van der Waals surface area contributed by atoms with Crippen LogP contribution in [0.5, 0.6) is 0 Å². The van der Waals surface area contributed by atoms with E-state index in [9.17, 15) is 13.3 Å². The first-order valence-electron chi connectivity index (χ1n) is 5.88. The summed E-state index contributed by atoms with van der Waals surface area (Å²) >= 11 is -1.29. The number of hydrogen-bond donors (Lipinski definition) is 1. The topological polar surface area (TPSA) is 35.1 Å². The van der Waals surface area contributed by atoms with Gasteiger partial charge in [-0.2, -0.15) is 0 Å². The lowest BCUT2D eigenvalue weighted by Gasteiger charge is -2.27. The molecule has 0 aliphatic rings. The van der Waals surface area contributed by atoms with Gasteiger partial charge in [0.1, 0.15) is 16.4 Å². The van der Waals surface area contributed by atoms with E-state index in [0.717, 1.165) is 6.07 Å². The van der Waals surface area contributed by atoms with Crippen molar-refractivity contribution in [2.24, 2.45) is 0 Å². The first-order chi connectivity index (χ1) is 8.25. The molecule has 5 heteroatoms. The number of hydrogen-bond acceptors (Lipinski definition) is 2. The number of benzene rings is 1. The summed E-state index contributed by atoms with van der Waals surface area (Å²) in [7, 11) is 0. The summed E-state index contributed by atoms with van der Waals surface area (Å²) in [5, 5.41) is 0. The fourth-order valence-corrected chi connectivity index (χ4v) is 2.36. The van der Waals surface area contributed by atoms with Crippen LogP contribution >= 0.6 is 0 Å². The van der Waals surface area contributed by atoms with Gasteiger partial charge < -0.3 is 4.55 Å². The predicted molar refractivity (Wildman–Crippen MR) is 70.4 cm³/mol. The molecule has 1 aromatic carbocycles. The smallest absolute Gasteiger partial charge is 0.136 e. The third kappa shape index (κ3) is 3.93. The Morgan fingerprint density at radius 3 is 2.39 bits per heavy atom. The minimum atomic E-state index is -1.29. The van der Waals surface area contributed by atoms with Gasteiger partial charge in [0.15, 0.2) is 0 Å². The van der Waals surface area contributed by atoms with Crippen LogP contribution in [-0.4, -0.2) is 9.30 Å². The van der Waals surface area contributed by atoms with Gasteiger partial charge in [-0.05, 0) is 33.3 Å². The van der Waals surface area contributed by atoms with E-state index in [1.54, 1.807) is 0 Å². The SMILES string of the molecule is CCC(N[S+]([O-])C(C)(C)C)c1ccc(F)cc1F. The molecule has 18 heavy (non-hydrogen) atoms. The Morgan fingerprint density at radius 1 is 1.33 bits per heavy atom. The molecule has 0 aromatic heterocycles. The van der Waals surface area contributed by atoms with E-state index in [1.165, 1.54) is 12.1 Å². The molecule has 0 aliphatic heterocycles. The molecule has 0 aliphatic carbocycles. The van der Waals surface area contributed by atoms with Crippen LogP contribution < -0.4 is 4.72 Å². The predicted octanol–water partition coefficient (Wildman–Crippen LogP) is 3.47. The molecule has 0 saturated heterocycles. The third-order valence-corrected chi connectivity index (χ3v) is 4.16. The fraction of sp³-hybridized carbons (Fsp3) is 0.538. The van der Waals surface area contributed by atoms with Gasteiger partial charge >= 0.3 is 0 Å². The van der Waals surface area contributed by atoms with Crippen LogP contribution in [0.2, 0.25) is 0 Å². The minimum Gasteiger partial charge on any atom is -0.598 e. The highest BCUT2D eigenvalue weighted by atomic mass is 32.2. The molecule has 0 fully saturated rings. The maximum atomic E-state index is 13.7. The van der Waals surface area contributed by atoms with Crippen LogP contribution in [0.3, 0.4) is 0 Å². The Hall–Kier alpha value is -0.650. The molecule has 1 aromatic rings. The van der Waals surface area contributed by atoms with Crippen LogP contribution in [0.4, 0.5) is 8.78 Å². The monoisotopic (exact) mass is 275 g/mol. The summed E-state index contributed by atoms with van der Waals surface area (Å²) in [6.07, 6.45) is 0.574. The van der Waals surface area contributed by atoms with Crippen LogP contribution in [-0.2, 0) is 11.4 Å². The summed E-state index contributed by atoms with van der Waals surface area (Å²) in [4.78, 5) is 0. The van der Waals surface area contributed by atoms with Crippen molar-refractivity contribution in [3.05, 3.63) is 35.4 Å². The van der Waals surface area contributed by atoms with Crippen LogP contribution in [0.25, 0.3) is 0 Å². The number of halogens is 2. The van der Waals surface area contributed by atoms with Crippen molar-refractivity contribution in [1.29, 1.82) is 0 Å². The summed E-state index contributed by atoms with van der Waals surface area (Å²) < 4.78 is 41.0. The molecule has 2 atom stereocenters. The van der Waals surface area contributed by atoms with Crippen LogP contribution in [0.1, 0.15) is 45.7 Å². The van der Waals surface area contributed by atoms with Gasteiger partial charge in [0.05, 0.1) is 6.04 Å². The Labute approximate surface area is 110 Å². The molecule has 2 unspecified atom stereocenters. The average Bonchev–Trinajstić information content (AvgIpc) is 2.25. The lowest BCUT2D eigenvalue weighted by molar-refractivity contribution is 0.501. The maximum Gasteiger partial charge on any atom is 0.136 e. The van der Waals surface area contributed by atoms with Gasteiger partial charge in [-0.25, -0.2) is 8.78 Å². The van der Waals surface area contributed by atoms with E-state index in [4.69, 9.17) is 0 Å². The maximum absolute atomic E-state index is 13.7. The van der Waals surface area contributed by atoms with Crippen molar-refractivity contribution >= 4 is 11.4 Å². The number of rotatable bonds is 4. The van der Waals surface area contributed by atoms with Crippen molar-refractivity contribution in [2.45, 2.75) is 44.9 Å². The second kappa shape index (κ2) is 5.99. The van der Waals surface area contributed by atoms with E-state index in [2.05, 4.69) is 4.72 Å². The summed E-state index contributed by atoms with van der Waals surface area (Å²) in [5.74, 6) is -1.22. The third-order valence-electron chi connectivity index (χ3n) is 2.55. The molecule has 2 nitrogen and oxygen atoms in total. The second-order valence-electron chi connectivity index (χ2n) is 5.13. The lowest BCUT2D eigenvalue weighted by Crippen LogP contribution is -2.41. The van der Waals surface area contributed by atoms with Crippen LogP contribution in [0, 0.1) is 11.6 Å². The van der Waals surface area contributed by atoms with Gasteiger partial charge in [-0.15, -0.1) is 4.72 Å². The van der Waals surface area contributed by atoms with Crippen molar-refractivity contribution in [3.63, 3.8) is 0 Å². The highest BCUT2D eigenvalue weighted by Crippen LogP contribution is 2.24. The van der Waals surface area contributed by atoms with Crippen molar-refractivity contribution in [2.75, 3.05) is 0 Å². The van der Waals surface area contributed by atoms with Crippen molar-refractivity contribution in [3.8, 4) is 0 Å². The zero-order valence-corrected chi connectivity index (χ0v) is 11.9. The highest BCUT2D eigenvalue weighted by Gasteiger charge is 2.30. The van der Waals surface area contributed by atoms with Crippen LogP contribution in [0.15, 0.2) is 18.2 Å². The zero-order valence-electron chi connectivity index (χ0n) is 11.1. The summed E-state index contributed by atoms with van der Waals surface area (Å²) in [6, 6.07) is 3.07. The average molecular weight is 275 g/mol. The van der Waals surface area contributed by atoms with E-state index < -0.39 is 27.7 Å².